The van der Waals surface area contributed by atoms with Gasteiger partial charge in [0.1, 0.15) is 6.29 Å². The Morgan fingerprint density at radius 2 is 1.09 bits per heavy atom. The van der Waals surface area contributed by atoms with Crippen molar-refractivity contribution in [1.82, 2.24) is 0 Å². The Morgan fingerprint density at radius 3 is 1.52 bits per heavy atom. The van der Waals surface area contributed by atoms with Gasteiger partial charge in [0, 0.05) is 5.56 Å². The largest absolute Gasteiger partial charge is 0.298 e. The number of aldehydes is 1. The number of hydrogen-bond acceptors (Lipinski definition) is 1. The van der Waals surface area contributed by atoms with Crippen molar-refractivity contribution in [2.24, 2.45) is 0 Å². The summed E-state index contributed by atoms with van der Waals surface area (Å²) in [5, 5.41) is 0. The van der Waals surface area contributed by atoms with Crippen molar-refractivity contribution in [3.05, 3.63) is 35.4 Å². The molecular formula is C22H36O. The first kappa shape index (κ1) is 19.9. The topological polar surface area (TPSA) is 17.1 Å². The highest BCUT2D eigenvalue weighted by Crippen LogP contribution is 2.13. The molecule has 23 heavy (non-hydrogen) atoms. The SMILES string of the molecule is CCCCCCCCCCCCCCCc1ccc(C=O)cc1. The minimum absolute atomic E-state index is 0.777. The van der Waals surface area contributed by atoms with Crippen molar-refractivity contribution in [1.29, 1.82) is 0 Å². The van der Waals surface area contributed by atoms with Crippen molar-refractivity contribution in [2.75, 3.05) is 0 Å². The highest BCUT2D eigenvalue weighted by atomic mass is 16.1. The minimum atomic E-state index is 0.777. The van der Waals surface area contributed by atoms with Crippen LogP contribution in [0.1, 0.15) is 106 Å². The molecule has 0 bridgehead atoms. The van der Waals surface area contributed by atoms with Crippen LogP contribution in [-0.4, -0.2) is 6.29 Å². The van der Waals surface area contributed by atoms with Crippen LogP contribution in [0.3, 0.4) is 0 Å². The maximum Gasteiger partial charge on any atom is 0.150 e. The number of carbonyl (C=O) groups excluding carboxylic acids is 1. The first-order valence-corrected chi connectivity index (χ1v) is 9.91. The van der Waals surface area contributed by atoms with Crippen LogP contribution < -0.4 is 0 Å². The molecule has 130 valence electrons. The minimum Gasteiger partial charge on any atom is -0.298 e. The third-order valence-corrected chi connectivity index (χ3v) is 4.68. The van der Waals surface area contributed by atoms with E-state index in [1.165, 1.54) is 89.0 Å². The van der Waals surface area contributed by atoms with Crippen molar-refractivity contribution >= 4 is 6.29 Å². The third kappa shape index (κ3) is 11.1. The van der Waals surface area contributed by atoms with Crippen LogP contribution >= 0.6 is 0 Å². The molecule has 0 unspecified atom stereocenters. The highest BCUT2D eigenvalue weighted by Gasteiger charge is 1.96. The maximum atomic E-state index is 10.6. The van der Waals surface area contributed by atoms with Gasteiger partial charge in [0.15, 0.2) is 0 Å². The molecule has 0 spiro atoms. The average Bonchev–Trinajstić information content (AvgIpc) is 2.59. The van der Waals surface area contributed by atoms with E-state index < -0.39 is 0 Å². The van der Waals surface area contributed by atoms with Gasteiger partial charge in [-0.25, -0.2) is 0 Å². The molecule has 0 N–H and O–H groups in total. The molecule has 0 atom stereocenters. The number of carbonyl (C=O) groups is 1. The lowest BCUT2D eigenvalue weighted by Crippen LogP contribution is -1.88. The van der Waals surface area contributed by atoms with Crippen LogP contribution in [0, 0.1) is 0 Å². The highest BCUT2D eigenvalue weighted by molar-refractivity contribution is 5.74. The van der Waals surface area contributed by atoms with Gasteiger partial charge in [-0.3, -0.25) is 4.79 Å². The predicted molar refractivity (Wildman–Crippen MR) is 101 cm³/mol. The van der Waals surface area contributed by atoms with Crippen LogP contribution in [0.2, 0.25) is 0 Å². The maximum absolute atomic E-state index is 10.6. The van der Waals surface area contributed by atoms with Crippen LogP contribution in [0.15, 0.2) is 24.3 Å². The van der Waals surface area contributed by atoms with Crippen LogP contribution in [0.5, 0.6) is 0 Å². The van der Waals surface area contributed by atoms with Crippen molar-refractivity contribution in [3.63, 3.8) is 0 Å². The first-order chi connectivity index (χ1) is 11.4. The van der Waals surface area contributed by atoms with Gasteiger partial charge >= 0.3 is 0 Å². The Labute approximate surface area is 143 Å². The van der Waals surface area contributed by atoms with E-state index in [4.69, 9.17) is 0 Å². The van der Waals surface area contributed by atoms with Gasteiger partial charge in [0.2, 0.25) is 0 Å². The summed E-state index contributed by atoms with van der Waals surface area (Å²) in [5.41, 5.74) is 2.14. The summed E-state index contributed by atoms with van der Waals surface area (Å²) in [6.45, 7) is 2.28. The fourth-order valence-electron chi connectivity index (χ4n) is 3.11. The van der Waals surface area contributed by atoms with Gasteiger partial charge in [0.25, 0.3) is 0 Å². The molecule has 0 aliphatic carbocycles. The molecule has 0 aromatic heterocycles. The normalized spacial score (nSPS) is 10.8. The van der Waals surface area contributed by atoms with Crippen LogP contribution in [0.4, 0.5) is 0 Å². The lowest BCUT2D eigenvalue weighted by Gasteiger charge is -2.04. The quantitative estimate of drug-likeness (QED) is 0.248. The molecule has 0 saturated carbocycles. The molecule has 0 heterocycles. The number of hydrogen-bond donors (Lipinski definition) is 0. The van der Waals surface area contributed by atoms with E-state index in [0.717, 1.165) is 18.3 Å². The Kier molecular flexibility index (Phi) is 12.6. The summed E-state index contributed by atoms with van der Waals surface area (Å²) in [5.74, 6) is 0. The van der Waals surface area contributed by atoms with E-state index in [1.807, 2.05) is 12.1 Å². The summed E-state index contributed by atoms with van der Waals surface area (Å²) in [7, 11) is 0. The Balaban J connectivity index is 1.83. The van der Waals surface area contributed by atoms with Crippen LogP contribution in [-0.2, 0) is 6.42 Å². The molecule has 0 amide bonds. The predicted octanol–water partition coefficient (Wildman–Crippen LogP) is 7.13. The van der Waals surface area contributed by atoms with Gasteiger partial charge in [-0.05, 0) is 18.4 Å². The standard InChI is InChI=1S/C22H36O/c1-2-3-4-5-6-7-8-9-10-11-12-13-14-15-21-16-18-22(20-23)19-17-21/h16-20H,2-15H2,1H3. The van der Waals surface area contributed by atoms with E-state index in [9.17, 15) is 4.79 Å². The summed E-state index contributed by atoms with van der Waals surface area (Å²) in [4.78, 5) is 10.6. The monoisotopic (exact) mass is 316 g/mol. The Hall–Kier alpha value is -1.11. The molecule has 0 fully saturated rings. The smallest absolute Gasteiger partial charge is 0.150 e. The summed E-state index contributed by atoms with van der Waals surface area (Å²) < 4.78 is 0. The van der Waals surface area contributed by atoms with Gasteiger partial charge < -0.3 is 0 Å². The molecule has 0 aliphatic rings. The number of rotatable bonds is 15. The lowest BCUT2D eigenvalue weighted by atomic mass is 10.0. The van der Waals surface area contributed by atoms with Gasteiger partial charge in [-0.15, -0.1) is 0 Å². The molecular weight excluding hydrogens is 280 g/mol. The second-order valence-corrected chi connectivity index (χ2v) is 6.85. The van der Waals surface area contributed by atoms with Gasteiger partial charge in [-0.2, -0.15) is 0 Å². The van der Waals surface area contributed by atoms with E-state index in [-0.39, 0.29) is 0 Å². The molecule has 1 nitrogen and oxygen atoms in total. The van der Waals surface area contributed by atoms with Gasteiger partial charge in [-0.1, -0.05) is 108 Å². The fraction of sp³-hybridized carbons (Fsp3) is 0.682. The second kappa shape index (κ2) is 14.5. The summed E-state index contributed by atoms with van der Waals surface area (Å²) in [6.07, 6.45) is 20.3. The Bertz CT molecular complexity index is 379. The average molecular weight is 317 g/mol. The van der Waals surface area contributed by atoms with Crippen molar-refractivity contribution in [2.45, 2.75) is 96.8 Å². The van der Waals surface area contributed by atoms with E-state index in [2.05, 4.69) is 19.1 Å². The van der Waals surface area contributed by atoms with E-state index >= 15 is 0 Å². The zero-order valence-corrected chi connectivity index (χ0v) is 15.2. The number of unbranched alkanes of at least 4 members (excludes halogenated alkanes) is 12. The fourth-order valence-corrected chi connectivity index (χ4v) is 3.11. The third-order valence-electron chi connectivity index (χ3n) is 4.68. The van der Waals surface area contributed by atoms with Crippen molar-refractivity contribution in [3.8, 4) is 0 Å². The molecule has 1 heteroatoms. The number of benzene rings is 1. The molecule has 0 aliphatic heterocycles. The van der Waals surface area contributed by atoms with Gasteiger partial charge in [0.05, 0.1) is 0 Å². The zero-order chi connectivity index (χ0) is 16.6. The van der Waals surface area contributed by atoms with E-state index in [0.29, 0.717) is 0 Å². The zero-order valence-electron chi connectivity index (χ0n) is 15.2. The molecule has 0 radical (unpaired) electrons. The molecule has 0 saturated heterocycles. The number of aryl methyl sites for hydroxylation is 1. The lowest BCUT2D eigenvalue weighted by molar-refractivity contribution is 0.112. The Morgan fingerprint density at radius 1 is 0.652 bits per heavy atom. The summed E-state index contributed by atoms with van der Waals surface area (Å²) >= 11 is 0. The second-order valence-electron chi connectivity index (χ2n) is 6.85. The molecule has 1 aromatic rings. The van der Waals surface area contributed by atoms with Crippen LogP contribution in [0.25, 0.3) is 0 Å². The van der Waals surface area contributed by atoms with Crippen molar-refractivity contribution < 1.29 is 4.79 Å². The molecule has 1 aromatic carbocycles. The first-order valence-electron chi connectivity index (χ1n) is 9.91. The summed E-state index contributed by atoms with van der Waals surface area (Å²) in [6, 6.07) is 8.02. The molecule has 1 rings (SSSR count). The van der Waals surface area contributed by atoms with E-state index in [1.54, 1.807) is 0 Å².